The molecule has 1 aromatic rings. The van der Waals surface area contributed by atoms with Crippen molar-refractivity contribution in [2.24, 2.45) is 0 Å². The zero-order valence-electron chi connectivity index (χ0n) is 7.09. The van der Waals surface area contributed by atoms with Crippen LogP contribution in [0.5, 0.6) is 0 Å². The van der Waals surface area contributed by atoms with Crippen molar-refractivity contribution in [1.29, 1.82) is 0 Å². The monoisotopic (exact) mass is 190 g/mol. The van der Waals surface area contributed by atoms with Crippen molar-refractivity contribution < 1.29 is 4.79 Å². The Hall–Kier alpha value is -1.28. The molecule has 0 unspecified atom stereocenters. The van der Waals surface area contributed by atoms with Crippen LogP contribution in [0.4, 0.5) is 0 Å². The molecular weight excluding hydrogens is 180 g/mol. The van der Waals surface area contributed by atoms with Gasteiger partial charge < -0.3 is 0 Å². The zero-order chi connectivity index (χ0) is 9.36. The molecule has 0 saturated heterocycles. The highest BCUT2D eigenvalue weighted by Crippen LogP contribution is 2.17. The van der Waals surface area contributed by atoms with Crippen LogP contribution in [0, 0.1) is 0 Å². The summed E-state index contributed by atoms with van der Waals surface area (Å²) in [6.07, 6.45) is 5.77. The van der Waals surface area contributed by atoms with Crippen molar-refractivity contribution in [2.45, 2.75) is 4.90 Å². The molecule has 0 fully saturated rings. The van der Waals surface area contributed by atoms with Gasteiger partial charge >= 0.3 is 0 Å². The van der Waals surface area contributed by atoms with Crippen molar-refractivity contribution in [2.75, 3.05) is 0 Å². The van der Waals surface area contributed by atoms with Crippen LogP contribution in [0.25, 0.3) is 0 Å². The fourth-order valence-corrected chi connectivity index (χ4v) is 1.41. The fourth-order valence-electron chi connectivity index (χ4n) is 0.772. The van der Waals surface area contributed by atoms with E-state index in [0.29, 0.717) is 0 Å². The van der Waals surface area contributed by atoms with Crippen LogP contribution < -0.4 is 0 Å². The van der Waals surface area contributed by atoms with E-state index in [1.807, 2.05) is 41.8 Å². The lowest BCUT2D eigenvalue weighted by atomic mass is 10.4. The van der Waals surface area contributed by atoms with E-state index >= 15 is 0 Å². The SMILES string of the molecule is O=C/C=C/C=C/Sc1ccccc1. The first kappa shape index (κ1) is 9.81. The zero-order valence-corrected chi connectivity index (χ0v) is 7.91. The van der Waals surface area contributed by atoms with Crippen LogP contribution in [0.3, 0.4) is 0 Å². The van der Waals surface area contributed by atoms with E-state index in [0.717, 1.165) is 6.29 Å². The van der Waals surface area contributed by atoms with E-state index in [2.05, 4.69) is 0 Å². The summed E-state index contributed by atoms with van der Waals surface area (Å²) in [7, 11) is 0. The number of benzene rings is 1. The van der Waals surface area contributed by atoms with E-state index < -0.39 is 0 Å². The highest BCUT2D eigenvalue weighted by molar-refractivity contribution is 8.02. The molecular formula is C11H10OS. The molecule has 13 heavy (non-hydrogen) atoms. The molecule has 0 aliphatic carbocycles. The van der Waals surface area contributed by atoms with E-state index in [1.54, 1.807) is 17.8 Å². The standard InChI is InChI=1S/C11H10OS/c12-9-5-2-6-10-13-11-7-3-1-4-8-11/h1-10H/b5-2+,10-6+. The molecule has 66 valence electrons. The first-order chi connectivity index (χ1) is 6.43. The predicted octanol–water partition coefficient (Wildman–Crippen LogP) is 3.05. The Labute approximate surface area is 82.2 Å². The van der Waals surface area contributed by atoms with Gasteiger partial charge in [-0.1, -0.05) is 42.1 Å². The first-order valence-electron chi connectivity index (χ1n) is 3.92. The van der Waals surface area contributed by atoms with Crippen molar-refractivity contribution >= 4 is 18.0 Å². The second kappa shape index (κ2) is 6.26. The van der Waals surface area contributed by atoms with Crippen LogP contribution in [-0.2, 0) is 4.79 Å². The Morgan fingerprint density at radius 2 is 1.77 bits per heavy atom. The van der Waals surface area contributed by atoms with E-state index in [9.17, 15) is 4.79 Å². The molecule has 0 aliphatic rings. The van der Waals surface area contributed by atoms with E-state index in [1.165, 1.54) is 11.0 Å². The summed E-state index contributed by atoms with van der Waals surface area (Å²) in [6.45, 7) is 0. The van der Waals surface area contributed by atoms with Gasteiger partial charge in [0, 0.05) is 4.90 Å². The minimum absolute atomic E-state index is 0.761. The van der Waals surface area contributed by atoms with Crippen LogP contribution in [0.2, 0.25) is 0 Å². The highest BCUT2D eigenvalue weighted by atomic mass is 32.2. The average Bonchev–Trinajstić information content (AvgIpc) is 2.19. The molecule has 0 bridgehead atoms. The Balaban J connectivity index is 2.39. The van der Waals surface area contributed by atoms with Crippen LogP contribution in [0.1, 0.15) is 0 Å². The lowest BCUT2D eigenvalue weighted by molar-refractivity contribution is -0.104. The summed E-state index contributed by atoms with van der Waals surface area (Å²) in [6, 6.07) is 10.1. The van der Waals surface area contributed by atoms with E-state index in [4.69, 9.17) is 0 Å². The van der Waals surface area contributed by atoms with Gasteiger partial charge in [0.2, 0.25) is 0 Å². The first-order valence-corrected chi connectivity index (χ1v) is 4.80. The highest BCUT2D eigenvalue weighted by Gasteiger charge is 1.84. The molecule has 0 spiro atoms. The van der Waals surface area contributed by atoms with Gasteiger partial charge in [0.05, 0.1) is 0 Å². The van der Waals surface area contributed by atoms with Crippen molar-refractivity contribution in [3.8, 4) is 0 Å². The lowest BCUT2D eigenvalue weighted by Gasteiger charge is -1.91. The summed E-state index contributed by atoms with van der Waals surface area (Å²) in [5.41, 5.74) is 0. The van der Waals surface area contributed by atoms with E-state index in [-0.39, 0.29) is 0 Å². The third-order valence-corrected chi connectivity index (χ3v) is 2.16. The predicted molar refractivity (Wildman–Crippen MR) is 56.6 cm³/mol. The molecule has 0 N–H and O–H groups in total. The molecule has 0 aromatic heterocycles. The second-order valence-corrected chi connectivity index (χ2v) is 3.26. The fraction of sp³-hybridized carbons (Fsp3) is 0. The third-order valence-electron chi connectivity index (χ3n) is 1.33. The largest absolute Gasteiger partial charge is 0.299 e. The maximum atomic E-state index is 9.91. The molecule has 1 rings (SSSR count). The molecule has 0 radical (unpaired) electrons. The smallest absolute Gasteiger partial charge is 0.142 e. The van der Waals surface area contributed by atoms with Crippen molar-refractivity contribution in [3.63, 3.8) is 0 Å². The Bertz CT molecular complexity index is 301. The number of thioether (sulfide) groups is 1. The van der Waals surface area contributed by atoms with Gasteiger partial charge in [-0.2, -0.15) is 0 Å². The van der Waals surface area contributed by atoms with Gasteiger partial charge in [-0.3, -0.25) is 4.79 Å². The van der Waals surface area contributed by atoms with Gasteiger partial charge in [-0.25, -0.2) is 0 Å². The summed E-state index contributed by atoms with van der Waals surface area (Å²) in [4.78, 5) is 11.1. The summed E-state index contributed by atoms with van der Waals surface area (Å²) in [5, 5.41) is 1.94. The summed E-state index contributed by atoms with van der Waals surface area (Å²) < 4.78 is 0. The molecule has 1 nitrogen and oxygen atoms in total. The van der Waals surface area contributed by atoms with Gasteiger partial charge in [-0.15, -0.1) is 0 Å². The minimum Gasteiger partial charge on any atom is -0.299 e. The van der Waals surface area contributed by atoms with Crippen molar-refractivity contribution in [3.05, 3.63) is 54.0 Å². The Kier molecular flexibility index (Phi) is 4.72. The quantitative estimate of drug-likeness (QED) is 0.314. The number of aldehydes is 1. The Morgan fingerprint density at radius 3 is 2.46 bits per heavy atom. The van der Waals surface area contributed by atoms with Crippen LogP contribution in [0.15, 0.2) is 58.9 Å². The maximum absolute atomic E-state index is 9.91. The van der Waals surface area contributed by atoms with Crippen molar-refractivity contribution in [1.82, 2.24) is 0 Å². The Morgan fingerprint density at radius 1 is 1.00 bits per heavy atom. The van der Waals surface area contributed by atoms with Crippen LogP contribution >= 0.6 is 11.8 Å². The topological polar surface area (TPSA) is 17.1 Å². The van der Waals surface area contributed by atoms with Crippen LogP contribution in [-0.4, -0.2) is 6.29 Å². The molecule has 0 heterocycles. The third kappa shape index (κ3) is 4.33. The second-order valence-electron chi connectivity index (χ2n) is 2.28. The van der Waals surface area contributed by atoms with Gasteiger partial charge in [0.25, 0.3) is 0 Å². The molecule has 0 aliphatic heterocycles. The summed E-state index contributed by atoms with van der Waals surface area (Å²) >= 11 is 1.62. The lowest BCUT2D eigenvalue weighted by Crippen LogP contribution is -1.63. The maximum Gasteiger partial charge on any atom is 0.142 e. The number of allylic oxidation sites excluding steroid dienone is 3. The molecule has 0 amide bonds. The average molecular weight is 190 g/mol. The molecule has 0 atom stereocenters. The minimum atomic E-state index is 0.761. The molecule has 2 heteroatoms. The number of hydrogen-bond acceptors (Lipinski definition) is 2. The van der Waals surface area contributed by atoms with Gasteiger partial charge in [0.1, 0.15) is 6.29 Å². The number of hydrogen-bond donors (Lipinski definition) is 0. The normalized spacial score (nSPS) is 11.1. The molecule has 0 saturated carbocycles. The van der Waals surface area contributed by atoms with Gasteiger partial charge in [-0.05, 0) is 23.6 Å². The number of carbonyl (C=O) groups excluding carboxylic acids is 1. The summed E-state index contributed by atoms with van der Waals surface area (Å²) in [5.74, 6) is 0. The number of rotatable bonds is 4. The number of carbonyl (C=O) groups is 1. The molecule has 1 aromatic carbocycles. The van der Waals surface area contributed by atoms with Gasteiger partial charge in [0.15, 0.2) is 0 Å².